The molecule has 3 heterocycles. The number of fused-ring (bicyclic) bond motifs is 1. The Labute approximate surface area is 198 Å². The molecule has 0 bridgehead atoms. The number of alkyl halides is 6. The lowest BCUT2D eigenvalue weighted by molar-refractivity contribution is -0.274. The van der Waals surface area contributed by atoms with Crippen LogP contribution in [0.15, 0.2) is 30.5 Å². The number of pyridine rings is 1. The third-order valence-corrected chi connectivity index (χ3v) is 6.90. The van der Waals surface area contributed by atoms with E-state index >= 15 is 0 Å². The van der Waals surface area contributed by atoms with Crippen molar-refractivity contribution in [1.82, 2.24) is 14.8 Å². The Kier molecular flexibility index (Phi) is 6.74. The number of ether oxygens (including phenoxy) is 1. The number of piperidine rings is 1. The Morgan fingerprint density at radius 3 is 2.37 bits per heavy atom. The molecule has 5 nitrogen and oxygen atoms in total. The van der Waals surface area contributed by atoms with Crippen LogP contribution in [-0.4, -0.2) is 52.7 Å². The first kappa shape index (κ1) is 25.3. The molecule has 35 heavy (non-hydrogen) atoms. The van der Waals surface area contributed by atoms with Crippen LogP contribution in [0.1, 0.15) is 58.0 Å². The summed E-state index contributed by atoms with van der Waals surface area (Å²) in [4.78, 5) is 20.2. The van der Waals surface area contributed by atoms with Crippen molar-refractivity contribution in [3.05, 3.63) is 58.4 Å². The number of halogens is 6. The van der Waals surface area contributed by atoms with Crippen LogP contribution in [0, 0.1) is 13.8 Å². The Morgan fingerprint density at radius 1 is 1.00 bits per heavy atom. The molecule has 4 rings (SSSR count). The second-order valence-electron chi connectivity index (χ2n) is 8.97. The number of hydrogen-bond donors (Lipinski definition) is 0. The molecule has 2 aromatic rings. The Hall–Kier alpha value is -2.82. The fourth-order valence-corrected chi connectivity index (χ4v) is 5.05. The van der Waals surface area contributed by atoms with Gasteiger partial charge in [-0.15, -0.1) is 13.2 Å². The van der Waals surface area contributed by atoms with Gasteiger partial charge in [0, 0.05) is 37.9 Å². The van der Waals surface area contributed by atoms with E-state index in [1.54, 1.807) is 24.8 Å². The molecular weight excluding hydrogens is 476 g/mol. The molecule has 2 aliphatic rings. The lowest BCUT2D eigenvalue weighted by Crippen LogP contribution is -2.57. The molecule has 1 amide bonds. The fourth-order valence-electron chi connectivity index (χ4n) is 5.05. The molecular formula is C24H25F6N3O2. The van der Waals surface area contributed by atoms with Crippen LogP contribution < -0.4 is 4.74 Å². The van der Waals surface area contributed by atoms with Crippen molar-refractivity contribution in [2.75, 3.05) is 19.6 Å². The zero-order chi connectivity index (χ0) is 25.5. The molecule has 2 saturated heterocycles. The molecule has 0 radical (unpaired) electrons. The van der Waals surface area contributed by atoms with E-state index in [0.29, 0.717) is 25.2 Å². The number of aromatic nitrogens is 1. The van der Waals surface area contributed by atoms with Gasteiger partial charge in [0.15, 0.2) is 0 Å². The van der Waals surface area contributed by atoms with Crippen molar-refractivity contribution in [2.45, 2.75) is 57.7 Å². The molecule has 0 aliphatic carbocycles. The summed E-state index contributed by atoms with van der Waals surface area (Å²) < 4.78 is 80.6. The van der Waals surface area contributed by atoms with Crippen molar-refractivity contribution in [1.29, 1.82) is 0 Å². The number of rotatable bonds is 3. The molecule has 2 fully saturated rings. The molecule has 0 unspecified atom stereocenters. The molecule has 0 N–H and O–H groups in total. The van der Waals surface area contributed by atoms with Crippen LogP contribution >= 0.6 is 0 Å². The van der Waals surface area contributed by atoms with E-state index < -0.39 is 18.2 Å². The van der Waals surface area contributed by atoms with Gasteiger partial charge in [-0.25, -0.2) is 0 Å². The van der Waals surface area contributed by atoms with Crippen LogP contribution in [0.4, 0.5) is 26.3 Å². The fraction of sp³-hybridized carbons (Fsp3) is 0.500. The van der Waals surface area contributed by atoms with Gasteiger partial charge in [-0.2, -0.15) is 13.2 Å². The van der Waals surface area contributed by atoms with Crippen molar-refractivity contribution in [3.8, 4) is 5.75 Å². The van der Waals surface area contributed by atoms with Gasteiger partial charge in [0.1, 0.15) is 11.4 Å². The van der Waals surface area contributed by atoms with Crippen molar-refractivity contribution in [2.24, 2.45) is 0 Å². The number of amides is 1. The number of piperazine rings is 1. The summed E-state index contributed by atoms with van der Waals surface area (Å²) >= 11 is 0. The molecule has 190 valence electrons. The zero-order valence-electron chi connectivity index (χ0n) is 19.2. The molecule has 11 heteroatoms. The number of hydrogen-bond acceptors (Lipinski definition) is 4. The smallest absolute Gasteiger partial charge is 0.406 e. The van der Waals surface area contributed by atoms with Crippen LogP contribution in [0.3, 0.4) is 0 Å². The predicted molar refractivity (Wildman–Crippen MR) is 115 cm³/mol. The first-order valence-electron chi connectivity index (χ1n) is 11.3. The van der Waals surface area contributed by atoms with Crippen LogP contribution in [-0.2, 0) is 6.18 Å². The molecule has 1 aromatic heterocycles. The first-order chi connectivity index (χ1) is 16.3. The number of nitrogens with zero attached hydrogens (tertiary/aromatic N) is 3. The van der Waals surface area contributed by atoms with E-state index in [-0.39, 0.29) is 29.3 Å². The maximum Gasteiger partial charge on any atom is 0.573 e. The third-order valence-electron chi connectivity index (χ3n) is 6.90. The highest BCUT2D eigenvalue weighted by Crippen LogP contribution is 2.40. The van der Waals surface area contributed by atoms with Crippen LogP contribution in [0.2, 0.25) is 0 Å². The molecule has 1 aromatic carbocycles. The SMILES string of the molecule is Cc1c(OC(F)(F)F)ccc([C@H]2CCC[C@H]3CN(C(=O)c4ccc(C(F)(F)F)nc4)CCN32)c1C. The van der Waals surface area contributed by atoms with E-state index in [1.807, 2.05) is 0 Å². The predicted octanol–water partition coefficient (Wildman–Crippen LogP) is 5.67. The topological polar surface area (TPSA) is 45.7 Å². The van der Waals surface area contributed by atoms with Gasteiger partial charge in [-0.05, 0) is 68.0 Å². The lowest BCUT2D eigenvalue weighted by atomic mass is 9.86. The second-order valence-corrected chi connectivity index (χ2v) is 8.97. The third kappa shape index (κ3) is 5.39. The standard InChI is InChI=1S/C24H25F6N3O2/c1-14-15(2)20(35-24(28,29)30)8-7-18(14)19-5-3-4-17-13-32(10-11-33(17)19)22(34)16-6-9-21(31-12-16)23(25,26)27/h6-9,12,17,19H,3-5,10-11,13H2,1-2H3/t17-,19+/m0/s1. The van der Waals surface area contributed by atoms with E-state index in [4.69, 9.17) is 0 Å². The molecule has 2 atom stereocenters. The first-order valence-corrected chi connectivity index (χ1v) is 11.3. The summed E-state index contributed by atoms with van der Waals surface area (Å²) in [5, 5.41) is 0. The van der Waals surface area contributed by atoms with E-state index in [1.165, 1.54) is 6.07 Å². The van der Waals surface area contributed by atoms with Crippen LogP contribution in [0.25, 0.3) is 0 Å². The maximum atomic E-state index is 12.9. The molecule has 2 aliphatic heterocycles. The number of carbonyl (C=O) groups excluding carboxylic acids is 1. The van der Waals surface area contributed by atoms with Crippen molar-refractivity contribution < 1.29 is 35.9 Å². The minimum Gasteiger partial charge on any atom is -0.406 e. The second kappa shape index (κ2) is 9.33. The Morgan fingerprint density at radius 2 is 1.74 bits per heavy atom. The summed E-state index contributed by atoms with van der Waals surface area (Å²) in [6.07, 6.45) is -5.81. The molecule has 0 saturated carbocycles. The summed E-state index contributed by atoms with van der Waals surface area (Å²) in [6, 6.07) is 5.02. The largest absolute Gasteiger partial charge is 0.573 e. The van der Waals surface area contributed by atoms with E-state index in [2.05, 4.69) is 14.6 Å². The van der Waals surface area contributed by atoms with Gasteiger partial charge in [-0.3, -0.25) is 14.7 Å². The van der Waals surface area contributed by atoms with Crippen molar-refractivity contribution in [3.63, 3.8) is 0 Å². The molecule has 0 spiro atoms. The highest BCUT2D eigenvalue weighted by Gasteiger charge is 2.39. The summed E-state index contributed by atoms with van der Waals surface area (Å²) in [6.45, 7) is 4.75. The van der Waals surface area contributed by atoms with E-state index in [0.717, 1.165) is 48.7 Å². The Bertz CT molecular complexity index is 1080. The minimum absolute atomic E-state index is 0.00243. The van der Waals surface area contributed by atoms with Crippen LogP contribution in [0.5, 0.6) is 5.75 Å². The van der Waals surface area contributed by atoms with Gasteiger partial charge in [0.2, 0.25) is 0 Å². The van der Waals surface area contributed by atoms with Gasteiger partial charge >= 0.3 is 12.5 Å². The van der Waals surface area contributed by atoms with Crippen molar-refractivity contribution >= 4 is 5.91 Å². The van der Waals surface area contributed by atoms with Gasteiger partial charge in [0.05, 0.1) is 5.56 Å². The highest BCUT2D eigenvalue weighted by atomic mass is 19.4. The van der Waals surface area contributed by atoms with Gasteiger partial charge < -0.3 is 9.64 Å². The van der Waals surface area contributed by atoms with Gasteiger partial charge in [-0.1, -0.05) is 6.07 Å². The quantitative estimate of drug-likeness (QED) is 0.509. The van der Waals surface area contributed by atoms with E-state index in [9.17, 15) is 31.1 Å². The zero-order valence-corrected chi connectivity index (χ0v) is 19.2. The summed E-state index contributed by atoms with van der Waals surface area (Å²) in [5.74, 6) is -0.583. The average Bonchev–Trinajstić information content (AvgIpc) is 2.80. The summed E-state index contributed by atoms with van der Waals surface area (Å²) in [7, 11) is 0. The maximum absolute atomic E-state index is 12.9. The highest BCUT2D eigenvalue weighted by molar-refractivity contribution is 5.94. The minimum atomic E-state index is -4.76. The average molecular weight is 501 g/mol. The Balaban J connectivity index is 1.49. The summed E-state index contributed by atoms with van der Waals surface area (Å²) in [5.41, 5.74) is 1.17. The number of carbonyl (C=O) groups is 1. The lowest BCUT2D eigenvalue weighted by Gasteiger charge is -2.48. The normalized spacial score (nSPS) is 21.5. The number of benzene rings is 1. The van der Waals surface area contributed by atoms with Gasteiger partial charge in [0.25, 0.3) is 5.91 Å². The monoisotopic (exact) mass is 501 g/mol.